The average molecular weight is 260 g/mol. The lowest BCUT2D eigenvalue weighted by Gasteiger charge is -2.39. The molecule has 1 fully saturated rings. The maximum Gasteiger partial charge on any atom is 0.0541 e. The lowest BCUT2D eigenvalue weighted by molar-refractivity contribution is 0.136. The van der Waals surface area contributed by atoms with Gasteiger partial charge in [-0.25, -0.2) is 0 Å². The largest absolute Gasteiger partial charge is 0.308 e. The predicted molar refractivity (Wildman–Crippen MR) is 80.9 cm³/mol. The molecule has 1 aliphatic carbocycles. The normalized spacial score (nSPS) is 24.4. The van der Waals surface area contributed by atoms with Gasteiger partial charge in [-0.15, -0.1) is 0 Å². The highest BCUT2D eigenvalue weighted by Crippen LogP contribution is 2.40. The fraction of sp³-hybridized carbons (Fsp3) is 0.706. The summed E-state index contributed by atoms with van der Waals surface area (Å²) < 4.78 is 0. The van der Waals surface area contributed by atoms with E-state index in [9.17, 15) is 0 Å². The van der Waals surface area contributed by atoms with Gasteiger partial charge >= 0.3 is 0 Å². The quantitative estimate of drug-likeness (QED) is 0.859. The third-order valence-corrected chi connectivity index (χ3v) is 5.04. The SMILES string of the molecule is CCC(C)(C)C1CCC(NCc2ccccn2)CC1. The van der Waals surface area contributed by atoms with Crippen molar-refractivity contribution in [3.63, 3.8) is 0 Å². The minimum Gasteiger partial charge on any atom is -0.308 e. The Labute approximate surface area is 118 Å². The maximum atomic E-state index is 4.37. The molecule has 0 unspecified atom stereocenters. The lowest BCUT2D eigenvalue weighted by atomic mass is 9.69. The van der Waals surface area contributed by atoms with Crippen LogP contribution in [0.5, 0.6) is 0 Å². The number of aromatic nitrogens is 1. The number of nitrogens with one attached hydrogen (secondary N) is 1. The molecule has 0 atom stereocenters. The highest BCUT2D eigenvalue weighted by Gasteiger charge is 2.31. The smallest absolute Gasteiger partial charge is 0.0541 e. The fourth-order valence-electron chi connectivity index (χ4n) is 3.12. The van der Waals surface area contributed by atoms with Gasteiger partial charge in [-0.1, -0.05) is 33.3 Å². The Kier molecular flexibility index (Phi) is 4.98. The van der Waals surface area contributed by atoms with Crippen LogP contribution in [0.3, 0.4) is 0 Å². The summed E-state index contributed by atoms with van der Waals surface area (Å²) in [4.78, 5) is 4.37. The first-order chi connectivity index (χ1) is 9.12. The zero-order valence-corrected chi connectivity index (χ0v) is 12.7. The molecule has 19 heavy (non-hydrogen) atoms. The van der Waals surface area contributed by atoms with E-state index in [1.165, 1.54) is 32.1 Å². The van der Waals surface area contributed by atoms with Crippen LogP contribution < -0.4 is 5.32 Å². The summed E-state index contributed by atoms with van der Waals surface area (Å²) in [6.07, 6.45) is 8.56. The lowest BCUT2D eigenvalue weighted by Crippen LogP contribution is -2.36. The molecule has 1 heterocycles. The van der Waals surface area contributed by atoms with Gasteiger partial charge in [0.1, 0.15) is 0 Å². The Hall–Kier alpha value is -0.890. The van der Waals surface area contributed by atoms with E-state index >= 15 is 0 Å². The molecule has 1 aromatic rings. The van der Waals surface area contributed by atoms with Gasteiger partial charge in [-0.3, -0.25) is 4.98 Å². The Balaban J connectivity index is 1.75. The van der Waals surface area contributed by atoms with Crippen LogP contribution >= 0.6 is 0 Å². The van der Waals surface area contributed by atoms with Gasteiger partial charge in [0.2, 0.25) is 0 Å². The summed E-state index contributed by atoms with van der Waals surface area (Å²) >= 11 is 0. The number of hydrogen-bond acceptors (Lipinski definition) is 2. The number of hydrogen-bond donors (Lipinski definition) is 1. The van der Waals surface area contributed by atoms with Crippen molar-refractivity contribution in [1.29, 1.82) is 0 Å². The highest BCUT2D eigenvalue weighted by molar-refractivity contribution is 5.03. The van der Waals surface area contributed by atoms with Crippen LogP contribution in [-0.4, -0.2) is 11.0 Å². The molecule has 0 aromatic carbocycles. The Morgan fingerprint density at radius 2 is 1.95 bits per heavy atom. The molecule has 1 aliphatic rings. The molecule has 1 saturated carbocycles. The molecule has 1 aromatic heterocycles. The van der Waals surface area contributed by atoms with Crippen LogP contribution in [0.15, 0.2) is 24.4 Å². The monoisotopic (exact) mass is 260 g/mol. The van der Waals surface area contributed by atoms with E-state index < -0.39 is 0 Å². The molecule has 106 valence electrons. The van der Waals surface area contributed by atoms with E-state index in [0.29, 0.717) is 11.5 Å². The van der Waals surface area contributed by atoms with E-state index in [2.05, 4.69) is 43.2 Å². The first-order valence-electron chi connectivity index (χ1n) is 7.75. The minimum absolute atomic E-state index is 0.520. The van der Waals surface area contributed by atoms with Crippen LogP contribution in [0, 0.1) is 11.3 Å². The maximum absolute atomic E-state index is 4.37. The molecule has 0 spiro atoms. The summed E-state index contributed by atoms with van der Waals surface area (Å²) in [6, 6.07) is 6.82. The van der Waals surface area contributed by atoms with Crippen molar-refractivity contribution in [2.75, 3.05) is 0 Å². The molecule has 1 N–H and O–H groups in total. The van der Waals surface area contributed by atoms with Gasteiger partial charge in [-0.2, -0.15) is 0 Å². The summed E-state index contributed by atoms with van der Waals surface area (Å²) in [5.74, 6) is 0.908. The Morgan fingerprint density at radius 1 is 1.21 bits per heavy atom. The van der Waals surface area contributed by atoms with E-state index in [1.807, 2.05) is 12.3 Å². The topological polar surface area (TPSA) is 24.9 Å². The zero-order valence-electron chi connectivity index (χ0n) is 12.7. The highest BCUT2D eigenvalue weighted by atomic mass is 14.9. The van der Waals surface area contributed by atoms with E-state index in [0.717, 1.165) is 18.2 Å². The van der Waals surface area contributed by atoms with Crippen molar-refractivity contribution in [1.82, 2.24) is 10.3 Å². The molecule has 0 aliphatic heterocycles. The molecule has 0 saturated heterocycles. The summed E-state index contributed by atoms with van der Waals surface area (Å²) in [7, 11) is 0. The van der Waals surface area contributed by atoms with Crippen molar-refractivity contribution in [3.05, 3.63) is 30.1 Å². The van der Waals surface area contributed by atoms with Crippen molar-refractivity contribution < 1.29 is 0 Å². The third kappa shape index (κ3) is 4.04. The first-order valence-corrected chi connectivity index (χ1v) is 7.75. The van der Waals surface area contributed by atoms with Crippen LogP contribution in [-0.2, 0) is 6.54 Å². The van der Waals surface area contributed by atoms with Crippen molar-refractivity contribution in [3.8, 4) is 0 Å². The second-order valence-electron chi connectivity index (χ2n) is 6.59. The molecule has 2 rings (SSSR count). The van der Waals surface area contributed by atoms with Crippen LogP contribution in [0.2, 0.25) is 0 Å². The van der Waals surface area contributed by atoms with E-state index in [1.54, 1.807) is 0 Å². The van der Waals surface area contributed by atoms with Gasteiger partial charge in [0.05, 0.1) is 5.69 Å². The molecular weight excluding hydrogens is 232 g/mol. The first kappa shape index (κ1) is 14.5. The average Bonchev–Trinajstić information content (AvgIpc) is 2.47. The zero-order chi connectivity index (χ0) is 13.7. The minimum atomic E-state index is 0.520. The fourth-order valence-corrected chi connectivity index (χ4v) is 3.12. The molecule has 2 nitrogen and oxygen atoms in total. The second-order valence-corrected chi connectivity index (χ2v) is 6.59. The van der Waals surface area contributed by atoms with Crippen molar-refractivity contribution >= 4 is 0 Å². The van der Waals surface area contributed by atoms with Crippen LogP contribution in [0.25, 0.3) is 0 Å². The molecule has 0 amide bonds. The molecule has 2 heteroatoms. The molecular formula is C17H28N2. The Bertz CT molecular complexity index is 364. The van der Waals surface area contributed by atoms with Crippen molar-refractivity contribution in [2.45, 2.75) is 65.5 Å². The predicted octanol–water partition coefficient (Wildman–Crippen LogP) is 4.17. The molecule has 0 bridgehead atoms. The van der Waals surface area contributed by atoms with Gasteiger partial charge in [0.15, 0.2) is 0 Å². The van der Waals surface area contributed by atoms with Crippen LogP contribution in [0.4, 0.5) is 0 Å². The summed E-state index contributed by atoms with van der Waals surface area (Å²) in [5, 5.41) is 3.67. The standard InChI is InChI=1S/C17H28N2/c1-4-17(2,3)14-8-10-15(11-9-14)19-13-16-7-5-6-12-18-16/h5-7,12,14-15,19H,4,8-11,13H2,1-3H3. The van der Waals surface area contributed by atoms with Gasteiger partial charge in [-0.05, 0) is 49.1 Å². The summed E-state index contributed by atoms with van der Waals surface area (Å²) in [5.41, 5.74) is 1.67. The third-order valence-electron chi connectivity index (χ3n) is 5.04. The van der Waals surface area contributed by atoms with Crippen LogP contribution in [0.1, 0.15) is 58.6 Å². The number of rotatable bonds is 5. The Morgan fingerprint density at radius 3 is 2.53 bits per heavy atom. The van der Waals surface area contributed by atoms with Gasteiger partial charge in [0.25, 0.3) is 0 Å². The van der Waals surface area contributed by atoms with Crippen molar-refractivity contribution in [2.24, 2.45) is 11.3 Å². The number of pyridine rings is 1. The number of nitrogens with zero attached hydrogens (tertiary/aromatic N) is 1. The van der Waals surface area contributed by atoms with E-state index in [-0.39, 0.29) is 0 Å². The van der Waals surface area contributed by atoms with Gasteiger partial charge < -0.3 is 5.32 Å². The van der Waals surface area contributed by atoms with Gasteiger partial charge in [0, 0.05) is 18.8 Å². The molecule has 0 radical (unpaired) electrons. The second kappa shape index (κ2) is 6.51. The summed E-state index contributed by atoms with van der Waals surface area (Å²) in [6.45, 7) is 8.09. The van der Waals surface area contributed by atoms with E-state index in [4.69, 9.17) is 0 Å².